The Labute approximate surface area is 193 Å². The number of aromatic nitrogens is 3. The summed E-state index contributed by atoms with van der Waals surface area (Å²) >= 11 is 0. The van der Waals surface area contributed by atoms with E-state index < -0.39 is 6.10 Å². The minimum absolute atomic E-state index is 0.0587. The van der Waals surface area contributed by atoms with Gasteiger partial charge in [0.25, 0.3) is 0 Å². The Bertz CT molecular complexity index is 1260. The van der Waals surface area contributed by atoms with Gasteiger partial charge in [0.15, 0.2) is 11.8 Å². The number of ketones is 1. The summed E-state index contributed by atoms with van der Waals surface area (Å²) in [4.78, 5) is 27.3. The maximum atomic E-state index is 13.2. The lowest BCUT2D eigenvalue weighted by atomic mass is 9.99. The van der Waals surface area contributed by atoms with Gasteiger partial charge in [-0.15, -0.1) is 0 Å². The summed E-state index contributed by atoms with van der Waals surface area (Å²) in [7, 11) is 0. The van der Waals surface area contributed by atoms with Gasteiger partial charge in [-0.3, -0.25) is 14.7 Å². The van der Waals surface area contributed by atoms with Crippen LogP contribution in [0.25, 0.3) is 17.3 Å². The normalized spacial score (nSPS) is 23.5. The average molecular weight is 444 g/mol. The van der Waals surface area contributed by atoms with Crippen LogP contribution in [0.3, 0.4) is 0 Å². The van der Waals surface area contributed by atoms with E-state index in [1.807, 2.05) is 36.7 Å². The van der Waals surface area contributed by atoms with Gasteiger partial charge < -0.3 is 14.0 Å². The van der Waals surface area contributed by atoms with Gasteiger partial charge in [0.2, 0.25) is 5.78 Å². The number of Topliss-reactive ketones (excluding diaryl/α,β-unsaturated/α-hetero) is 1. The molecule has 2 unspecified atom stereocenters. The molecule has 170 valence electrons. The Kier molecular flexibility index (Phi) is 4.94. The molecule has 0 amide bonds. The van der Waals surface area contributed by atoms with Crippen LogP contribution < -0.4 is 9.64 Å². The Morgan fingerprint density at radius 3 is 2.94 bits per heavy atom. The summed E-state index contributed by atoms with van der Waals surface area (Å²) < 4.78 is 8.08. The van der Waals surface area contributed by atoms with Crippen molar-refractivity contribution in [2.24, 2.45) is 0 Å². The molecule has 3 aliphatic rings. The van der Waals surface area contributed by atoms with Crippen LogP contribution in [-0.2, 0) is 4.79 Å². The van der Waals surface area contributed by atoms with E-state index in [9.17, 15) is 4.79 Å². The maximum absolute atomic E-state index is 13.2. The first kappa shape index (κ1) is 20.4. The molecule has 0 spiro atoms. The predicted molar refractivity (Wildman–Crippen MR) is 129 cm³/mol. The fourth-order valence-electron chi connectivity index (χ4n) is 5.35. The molecular formula is C26H29N5O2. The van der Waals surface area contributed by atoms with Crippen molar-refractivity contribution in [3.05, 3.63) is 53.7 Å². The molecule has 2 aromatic heterocycles. The summed E-state index contributed by atoms with van der Waals surface area (Å²) in [6.07, 6.45) is 10.8. The summed E-state index contributed by atoms with van der Waals surface area (Å²) in [6, 6.07) is 6.98. The number of nitrogens with zero attached hydrogens (tertiary/aromatic N) is 5. The van der Waals surface area contributed by atoms with Gasteiger partial charge in [-0.2, -0.15) is 0 Å². The molecule has 7 nitrogen and oxygen atoms in total. The zero-order valence-corrected chi connectivity index (χ0v) is 19.2. The van der Waals surface area contributed by atoms with Crippen molar-refractivity contribution in [1.29, 1.82) is 0 Å². The van der Waals surface area contributed by atoms with Crippen LogP contribution >= 0.6 is 0 Å². The second kappa shape index (κ2) is 7.99. The highest BCUT2D eigenvalue weighted by atomic mass is 16.5. The van der Waals surface area contributed by atoms with Crippen LogP contribution in [0.15, 0.2) is 36.8 Å². The monoisotopic (exact) mass is 443 g/mol. The van der Waals surface area contributed by atoms with Gasteiger partial charge in [0.1, 0.15) is 5.75 Å². The minimum atomic E-state index is -0.576. The van der Waals surface area contributed by atoms with Crippen molar-refractivity contribution in [3.63, 3.8) is 0 Å². The Hall–Kier alpha value is -3.19. The van der Waals surface area contributed by atoms with E-state index in [0.29, 0.717) is 17.3 Å². The smallest absolute Gasteiger partial charge is 0.205 e. The molecule has 7 heteroatoms. The molecule has 0 N–H and O–H groups in total. The number of aryl methyl sites for hydroxylation is 1. The summed E-state index contributed by atoms with van der Waals surface area (Å²) in [5.41, 5.74) is 4.93. The fourth-order valence-corrected chi connectivity index (χ4v) is 5.35. The van der Waals surface area contributed by atoms with Gasteiger partial charge in [0.05, 0.1) is 17.6 Å². The average Bonchev–Trinajstić information content (AvgIpc) is 3.19. The van der Waals surface area contributed by atoms with Crippen molar-refractivity contribution in [2.45, 2.75) is 45.3 Å². The zero-order valence-electron chi connectivity index (χ0n) is 19.2. The molecule has 5 heterocycles. The van der Waals surface area contributed by atoms with Crippen LogP contribution in [0.5, 0.6) is 5.75 Å². The van der Waals surface area contributed by atoms with E-state index in [-0.39, 0.29) is 5.78 Å². The molecular weight excluding hydrogens is 414 g/mol. The SMILES string of the molecule is Cc1cn2cc(C3=Cc4ccc(N5CCN6CCCCC6C5)cc4OC(C)C3=O)nc2cn1. The number of ether oxygens (including phenoxy) is 1. The van der Waals surface area contributed by atoms with Crippen LogP contribution in [0.2, 0.25) is 0 Å². The molecule has 2 atom stereocenters. The van der Waals surface area contributed by atoms with Crippen molar-refractivity contribution < 1.29 is 9.53 Å². The summed E-state index contributed by atoms with van der Waals surface area (Å²) in [5, 5.41) is 0. The first-order valence-electron chi connectivity index (χ1n) is 11.9. The van der Waals surface area contributed by atoms with E-state index in [1.54, 1.807) is 6.20 Å². The van der Waals surface area contributed by atoms with Gasteiger partial charge in [-0.05, 0) is 51.4 Å². The number of fused-ring (bicyclic) bond motifs is 3. The number of carbonyl (C=O) groups is 1. The van der Waals surface area contributed by atoms with Crippen LogP contribution in [0.4, 0.5) is 5.69 Å². The highest BCUT2D eigenvalue weighted by Crippen LogP contribution is 2.35. The molecule has 0 saturated carbocycles. The number of hydrogen-bond donors (Lipinski definition) is 0. The van der Waals surface area contributed by atoms with Crippen LogP contribution in [-0.4, -0.2) is 63.4 Å². The number of hydrogen-bond acceptors (Lipinski definition) is 6. The number of imidazole rings is 1. The minimum Gasteiger partial charge on any atom is -0.482 e. The Morgan fingerprint density at radius 1 is 1.12 bits per heavy atom. The van der Waals surface area contributed by atoms with Crippen LogP contribution in [0.1, 0.15) is 43.1 Å². The number of piperazine rings is 1. The van der Waals surface area contributed by atoms with E-state index in [2.05, 4.69) is 38.0 Å². The van der Waals surface area contributed by atoms with E-state index in [1.165, 1.54) is 31.5 Å². The molecule has 33 heavy (non-hydrogen) atoms. The maximum Gasteiger partial charge on any atom is 0.205 e. The topological polar surface area (TPSA) is 63.0 Å². The quantitative estimate of drug-likeness (QED) is 0.603. The van der Waals surface area contributed by atoms with Gasteiger partial charge >= 0.3 is 0 Å². The molecule has 0 radical (unpaired) electrons. The summed E-state index contributed by atoms with van der Waals surface area (Å²) in [6.45, 7) is 8.19. The molecule has 2 saturated heterocycles. The largest absolute Gasteiger partial charge is 0.482 e. The van der Waals surface area contributed by atoms with E-state index >= 15 is 0 Å². The second-order valence-electron chi connectivity index (χ2n) is 9.46. The lowest BCUT2D eigenvalue weighted by Gasteiger charge is -2.45. The van der Waals surface area contributed by atoms with Gasteiger partial charge in [-0.25, -0.2) is 4.98 Å². The molecule has 1 aromatic carbocycles. The highest BCUT2D eigenvalue weighted by molar-refractivity contribution is 6.27. The zero-order chi connectivity index (χ0) is 22.5. The third-order valence-electron chi connectivity index (χ3n) is 7.18. The van der Waals surface area contributed by atoms with Crippen molar-refractivity contribution in [2.75, 3.05) is 31.1 Å². The predicted octanol–water partition coefficient (Wildman–Crippen LogP) is 3.60. The first-order valence-corrected chi connectivity index (χ1v) is 11.9. The molecule has 3 aliphatic heterocycles. The Morgan fingerprint density at radius 2 is 2.03 bits per heavy atom. The van der Waals surface area contributed by atoms with E-state index in [0.717, 1.165) is 42.3 Å². The van der Waals surface area contributed by atoms with Crippen molar-refractivity contribution >= 4 is 28.8 Å². The molecule has 0 aliphatic carbocycles. The third-order valence-corrected chi connectivity index (χ3v) is 7.18. The fraction of sp³-hybridized carbons (Fsp3) is 0.423. The molecule has 2 fully saturated rings. The third kappa shape index (κ3) is 3.70. The highest BCUT2D eigenvalue weighted by Gasteiger charge is 2.31. The number of carbonyl (C=O) groups excluding carboxylic acids is 1. The number of anilines is 1. The molecule has 0 bridgehead atoms. The lowest BCUT2D eigenvalue weighted by Crippen LogP contribution is -2.54. The van der Waals surface area contributed by atoms with Gasteiger partial charge in [-0.1, -0.05) is 6.42 Å². The molecule has 6 rings (SSSR count). The van der Waals surface area contributed by atoms with Crippen LogP contribution in [0, 0.1) is 6.92 Å². The first-order chi connectivity index (χ1) is 16.0. The standard InChI is InChI=1S/C26H29N5O2/c1-17-14-31-16-23(28-25(31)13-27-17)22-11-19-6-7-20(12-24(19)33-18(2)26(22)32)30-10-9-29-8-4-3-5-21(29)15-30/h6-7,11-14,16,18,21H,3-5,8-10,15H2,1-2H3. The van der Waals surface area contributed by atoms with Crippen molar-refractivity contribution in [3.8, 4) is 5.75 Å². The van der Waals surface area contributed by atoms with Gasteiger partial charge in [0, 0.05) is 61.0 Å². The molecule has 3 aromatic rings. The number of piperidine rings is 1. The van der Waals surface area contributed by atoms with Crippen molar-refractivity contribution in [1.82, 2.24) is 19.3 Å². The Balaban J connectivity index is 1.33. The second-order valence-corrected chi connectivity index (χ2v) is 9.46. The van der Waals surface area contributed by atoms with E-state index in [4.69, 9.17) is 4.74 Å². The summed E-state index contributed by atoms with van der Waals surface area (Å²) in [5.74, 6) is 0.701. The lowest BCUT2D eigenvalue weighted by molar-refractivity contribution is -0.119. The number of benzene rings is 1. The number of rotatable bonds is 2.